The molecule has 0 bridgehead atoms. The standard InChI is InChI=1S/C23H22O/c1-2-21(18-12-6-3-7-13-18)22(19-14-8-4-9-15-19)23(24)20-16-10-5-11-17-20/h3-17,21-22H,2H2,1H3. The van der Waals surface area contributed by atoms with Crippen LogP contribution in [0.4, 0.5) is 0 Å². The quantitative estimate of drug-likeness (QED) is 0.522. The summed E-state index contributed by atoms with van der Waals surface area (Å²) in [6.07, 6.45) is 0.919. The minimum atomic E-state index is -0.166. The molecule has 1 heteroatoms. The van der Waals surface area contributed by atoms with E-state index >= 15 is 0 Å². The molecular weight excluding hydrogens is 292 g/mol. The Bertz CT molecular complexity index is 763. The van der Waals surface area contributed by atoms with Crippen molar-refractivity contribution in [1.82, 2.24) is 0 Å². The Balaban J connectivity index is 2.07. The maximum atomic E-state index is 13.3. The van der Waals surface area contributed by atoms with Crippen LogP contribution in [0.15, 0.2) is 91.0 Å². The molecule has 0 radical (unpaired) electrons. The lowest BCUT2D eigenvalue weighted by atomic mass is 9.76. The number of Topliss-reactive ketones (excluding diaryl/α,β-unsaturated/α-hetero) is 1. The summed E-state index contributed by atoms with van der Waals surface area (Å²) in [5, 5.41) is 0. The molecule has 24 heavy (non-hydrogen) atoms. The Kier molecular flexibility index (Phi) is 5.22. The lowest BCUT2D eigenvalue weighted by molar-refractivity contribution is 0.0945. The molecule has 0 fully saturated rings. The van der Waals surface area contributed by atoms with Crippen molar-refractivity contribution in [1.29, 1.82) is 0 Å². The summed E-state index contributed by atoms with van der Waals surface area (Å²) in [5.74, 6) is 0.194. The van der Waals surface area contributed by atoms with E-state index in [1.807, 2.05) is 66.7 Å². The highest BCUT2D eigenvalue weighted by Gasteiger charge is 2.30. The van der Waals surface area contributed by atoms with E-state index in [4.69, 9.17) is 0 Å². The highest BCUT2D eigenvalue weighted by molar-refractivity contribution is 6.01. The summed E-state index contributed by atoms with van der Waals surface area (Å²) in [4.78, 5) is 13.3. The number of benzene rings is 3. The van der Waals surface area contributed by atoms with Crippen LogP contribution in [0.2, 0.25) is 0 Å². The molecule has 0 N–H and O–H groups in total. The second-order valence-corrected chi connectivity index (χ2v) is 6.04. The van der Waals surface area contributed by atoms with Gasteiger partial charge in [0.1, 0.15) is 0 Å². The number of hydrogen-bond donors (Lipinski definition) is 0. The zero-order valence-corrected chi connectivity index (χ0v) is 13.9. The van der Waals surface area contributed by atoms with E-state index in [2.05, 4.69) is 31.2 Å². The molecule has 0 saturated heterocycles. The van der Waals surface area contributed by atoms with Crippen molar-refractivity contribution < 1.29 is 4.79 Å². The fraction of sp³-hybridized carbons (Fsp3) is 0.174. The van der Waals surface area contributed by atoms with Gasteiger partial charge in [-0.25, -0.2) is 0 Å². The van der Waals surface area contributed by atoms with E-state index in [1.165, 1.54) is 5.56 Å². The van der Waals surface area contributed by atoms with Crippen LogP contribution in [0.5, 0.6) is 0 Å². The molecule has 0 aromatic heterocycles. The van der Waals surface area contributed by atoms with Crippen molar-refractivity contribution >= 4 is 5.78 Å². The highest BCUT2D eigenvalue weighted by Crippen LogP contribution is 2.37. The van der Waals surface area contributed by atoms with Gasteiger partial charge in [0.25, 0.3) is 0 Å². The normalized spacial score (nSPS) is 13.2. The summed E-state index contributed by atoms with van der Waals surface area (Å²) < 4.78 is 0. The first-order valence-corrected chi connectivity index (χ1v) is 8.50. The van der Waals surface area contributed by atoms with E-state index in [-0.39, 0.29) is 17.6 Å². The Morgan fingerprint density at radius 2 is 1.17 bits per heavy atom. The maximum Gasteiger partial charge on any atom is 0.170 e. The first kappa shape index (κ1) is 16.2. The van der Waals surface area contributed by atoms with Crippen molar-refractivity contribution in [2.24, 2.45) is 0 Å². The molecule has 0 spiro atoms. The van der Waals surface area contributed by atoms with Crippen molar-refractivity contribution in [3.8, 4) is 0 Å². The molecule has 1 nitrogen and oxygen atoms in total. The van der Waals surface area contributed by atoms with Gasteiger partial charge in [-0.15, -0.1) is 0 Å². The smallest absolute Gasteiger partial charge is 0.170 e. The fourth-order valence-electron chi connectivity index (χ4n) is 3.37. The molecule has 3 rings (SSSR count). The molecule has 0 aliphatic heterocycles. The lowest BCUT2D eigenvalue weighted by Gasteiger charge is -2.26. The van der Waals surface area contributed by atoms with Gasteiger partial charge in [0.05, 0.1) is 5.92 Å². The van der Waals surface area contributed by atoms with Crippen LogP contribution >= 0.6 is 0 Å². The molecule has 0 amide bonds. The van der Waals surface area contributed by atoms with Gasteiger partial charge < -0.3 is 0 Å². The van der Waals surface area contributed by atoms with E-state index in [0.717, 1.165) is 17.5 Å². The van der Waals surface area contributed by atoms with E-state index in [9.17, 15) is 4.79 Å². The van der Waals surface area contributed by atoms with Crippen molar-refractivity contribution in [2.45, 2.75) is 25.2 Å². The molecule has 3 aromatic rings. The number of hydrogen-bond acceptors (Lipinski definition) is 1. The molecule has 2 atom stereocenters. The Morgan fingerprint density at radius 1 is 0.708 bits per heavy atom. The average molecular weight is 314 g/mol. The van der Waals surface area contributed by atoms with Crippen molar-refractivity contribution in [3.63, 3.8) is 0 Å². The fourth-order valence-corrected chi connectivity index (χ4v) is 3.37. The molecule has 120 valence electrons. The summed E-state index contributed by atoms with van der Waals surface area (Å²) in [5.41, 5.74) is 3.08. The Labute approximate surface area is 144 Å². The number of rotatable bonds is 6. The largest absolute Gasteiger partial charge is 0.293 e. The van der Waals surface area contributed by atoms with Gasteiger partial charge in [-0.3, -0.25) is 4.79 Å². The molecule has 3 aromatic carbocycles. The summed E-state index contributed by atoms with van der Waals surface area (Å²) in [6.45, 7) is 2.16. The van der Waals surface area contributed by atoms with Gasteiger partial charge in [-0.2, -0.15) is 0 Å². The first-order valence-electron chi connectivity index (χ1n) is 8.50. The van der Waals surface area contributed by atoms with Crippen molar-refractivity contribution in [3.05, 3.63) is 108 Å². The lowest BCUT2D eigenvalue weighted by Crippen LogP contribution is -2.20. The SMILES string of the molecule is CCC(c1ccccc1)C(C(=O)c1ccccc1)c1ccccc1. The second kappa shape index (κ2) is 7.74. The van der Waals surface area contributed by atoms with Gasteiger partial charge in [-0.05, 0) is 23.5 Å². The molecule has 0 saturated carbocycles. The molecule has 2 unspecified atom stereocenters. The van der Waals surface area contributed by atoms with E-state index < -0.39 is 0 Å². The predicted octanol–water partition coefficient (Wildman–Crippen LogP) is 5.85. The number of carbonyl (C=O) groups excluding carboxylic acids is 1. The molecule has 0 aliphatic carbocycles. The van der Waals surface area contributed by atoms with Crippen LogP contribution in [0.1, 0.15) is 46.7 Å². The Hall–Kier alpha value is -2.67. The third-order valence-electron chi connectivity index (χ3n) is 4.57. The van der Waals surface area contributed by atoms with E-state index in [0.29, 0.717) is 0 Å². The number of carbonyl (C=O) groups is 1. The first-order chi connectivity index (χ1) is 11.8. The Morgan fingerprint density at radius 3 is 1.67 bits per heavy atom. The van der Waals surface area contributed by atoms with Gasteiger partial charge in [0.2, 0.25) is 0 Å². The second-order valence-electron chi connectivity index (χ2n) is 6.04. The third-order valence-corrected chi connectivity index (χ3v) is 4.57. The summed E-state index contributed by atoms with van der Waals surface area (Å²) >= 11 is 0. The van der Waals surface area contributed by atoms with Gasteiger partial charge >= 0.3 is 0 Å². The van der Waals surface area contributed by atoms with Gasteiger partial charge in [0, 0.05) is 5.56 Å². The monoisotopic (exact) mass is 314 g/mol. The summed E-state index contributed by atoms with van der Waals surface area (Å²) in [6, 6.07) is 30.2. The zero-order chi connectivity index (χ0) is 16.8. The maximum absolute atomic E-state index is 13.3. The minimum Gasteiger partial charge on any atom is -0.293 e. The van der Waals surface area contributed by atoms with Crippen LogP contribution in [-0.4, -0.2) is 5.78 Å². The molecule has 0 heterocycles. The van der Waals surface area contributed by atoms with Crippen LogP contribution in [0.3, 0.4) is 0 Å². The highest BCUT2D eigenvalue weighted by atomic mass is 16.1. The van der Waals surface area contributed by atoms with Crippen LogP contribution in [-0.2, 0) is 0 Å². The number of ketones is 1. The average Bonchev–Trinajstić information content (AvgIpc) is 2.67. The van der Waals surface area contributed by atoms with Gasteiger partial charge in [-0.1, -0.05) is 97.9 Å². The third kappa shape index (κ3) is 3.46. The van der Waals surface area contributed by atoms with Gasteiger partial charge in [0.15, 0.2) is 5.78 Å². The van der Waals surface area contributed by atoms with E-state index in [1.54, 1.807) is 0 Å². The zero-order valence-electron chi connectivity index (χ0n) is 13.9. The minimum absolute atomic E-state index is 0.166. The van der Waals surface area contributed by atoms with Crippen LogP contribution in [0.25, 0.3) is 0 Å². The van der Waals surface area contributed by atoms with Crippen LogP contribution < -0.4 is 0 Å². The topological polar surface area (TPSA) is 17.1 Å². The molecular formula is C23H22O. The summed E-state index contributed by atoms with van der Waals surface area (Å²) in [7, 11) is 0. The molecule has 0 aliphatic rings. The van der Waals surface area contributed by atoms with Crippen molar-refractivity contribution in [2.75, 3.05) is 0 Å². The predicted molar refractivity (Wildman–Crippen MR) is 99.4 cm³/mol. The van der Waals surface area contributed by atoms with Crippen LogP contribution in [0, 0.1) is 0 Å².